The fraction of sp³-hybridized carbons (Fsp3) is 0.250. The lowest BCUT2D eigenvalue weighted by atomic mass is 9.95. The van der Waals surface area contributed by atoms with E-state index in [4.69, 9.17) is 5.11 Å². The number of rotatable bonds is 1. The Morgan fingerprint density at radius 2 is 1.93 bits per heavy atom. The monoisotopic (exact) mass is 186 g/mol. The highest BCUT2D eigenvalue weighted by Gasteiger charge is 2.32. The summed E-state index contributed by atoms with van der Waals surface area (Å²) in [6.07, 6.45) is 5.56. The van der Waals surface area contributed by atoms with Gasteiger partial charge in [-0.25, -0.2) is 4.79 Å². The first-order chi connectivity index (χ1) is 6.75. The van der Waals surface area contributed by atoms with Gasteiger partial charge in [0.05, 0.1) is 5.56 Å². The topological polar surface area (TPSA) is 37.3 Å². The molecule has 0 saturated carbocycles. The molecule has 3 rings (SSSR count). The number of carbonyl (C=O) groups is 1. The summed E-state index contributed by atoms with van der Waals surface area (Å²) in [6.45, 7) is 0. The van der Waals surface area contributed by atoms with E-state index in [9.17, 15) is 4.79 Å². The Balaban J connectivity index is 2.15. The molecule has 1 N–H and O–H groups in total. The molecule has 0 spiro atoms. The van der Waals surface area contributed by atoms with Crippen LogP contribution in [0.1, 0.15) is 39.7 Å². The van der Waals surface area contributed by atoms with Crippen molar-refractivity contribution in [3.63, 3.8) is 0 Å². The van der Waals surface area contributed by atoms with Crippen LogP contribution in [0.15, 0.2) is 30.4 Å². The van der Waals surface area contributed by atoms with Crippen molar-refractivity contribution in [3.05, 3.63) is 47.0 Å². The highest BCUT2D eigenvalue weighted by Crippen LogP contribution is 2.48. The van der Waals surface area contributed by atoms with Crippen molar-refractivity contribution in [1.82, 2.24) is 0 Å². The number of carboxylic acid groups (broad SMARTS) is 1. The van der Waals surface area contributed by atoms with Crippen LogP contribution in [0.4, 0.5) is 0 Å². The third kappa shape index (κ3) is 0.882. The molecule has 0 radical (unpaired) electrons. The summed E-state index contributed by atoms with van der Waals surface area (Å²) < 4.78 is 0. The van der Waals surface area contributed by atoms with Crippen molar-refractivity contribution in [3.8, 4) is 0 Å². The number of benzene rings is 1. The predicted molar refractivity (Wildman–Crippen MR) is 52.6 cm³/mol. The molecule has 1 aromatic rings. The van der Waals surface area contributed by atoms with Crippen molar-refractivity contribution in [2.45, 2.75) is 18.3 Å². The maximum atomic E-state index is 10.8. The van der Waals surface area contributed by atoms with Crippen LogP contribution in [0.5, 0.6) is 0 Å². The van der Waals surface area contributed by atoms with Gasteiger partial charge in [0, 0.05) is 11.8 Å². The van der Waals surface area contributed by atoms with Gasteiger partial charge in [-0.3, -0.25) is 0 Å². The third-order valence-electron chi connectivity index (χ3n) is 3.22. The summed E-state index contributed by atoms with van der Waals surface area (Å²) in [4.78, 5) is 10.8. The normalized spacial score (nSPS) is 26.6. The van der Waals surface area contributed by atoms with E-state index in [1.54, 1.807) is 6.07 Å². The summed E-state index contributed by atoms with van der Waals surface area (Å²) in [5.41, 5.74) is 2.95. The fourth-order valence-corrected chi connectivity index (χ4v) is 2.53. The van der Waals surface area contributed by atoms with Crippen LogP contribution in [-0.2, 0) is 0 Å². The van der Waals surface area contributed by atoms with E-state index in [0.29, 0.717) is 17.4 Å². The standard InChI is InChI=1S/C12H10O2/c13-12(14)9-3-4-10-7-1-2-8(5-7)11(10)6-9/h1-4,6-8H,5H2,(H,13,14)/t7-,8+/m0/s1. The summed E-state index contributed by atoms with van der Waals surface area (Å²) in [5.74, 6) is 0.173. The van der Waals surface area contributed by atoms with Gasteiger partial charge in [-0.1, -0.05) is 18.2 Å². The van der Waals surface area contributed by atoms with Crippen molar-refractivity contribution in [2.75, 3.05) is 0 Å². The molecular formula is C12H10O2. The minimum atomic E-state index is -0.834. The largest absolute Gasteiger partial charge is 0.478 e. The van der Waals surface area contributed by atoms with Crippen LogP contribution in [-0.4, -0.2) is 11.1 Å². The molecule has 0 amide bonds. The molecule has 2 nitrogen and oxygen atoms in total. The second kappa shape index (κ2) is 2.47. The third-order valence-corrected chi connectivity index (χ3v) is 3.22. The Bertz CT molecular complexity index is 446. The molecule has 2 bridgehead atoms. The van der Waals surface area contributed by atoms with E-state index in [-0.39, 0.29) is 0 Å². The van der Waals surface area contributed by atoms with Crippen molar-refractivity contribution < 1.29 is 9.90 Å². The molecule has 0 saturated heterocycles. The van der Waals surface area contributed by atoms with Gasteiger partial charge in [0.15, 0.2) is 0 Å². The summed E-state index contributed by atoms with van der Waals surface area (Å²) in [5, 5.41) is 8.87. The number of carboxylic acids is 1. The zero-order valence-electron chi connectivity index (χ0n) is 7.60. The second-order valence-corrected chi connectivity index (χ2v) is 3.98. The average molecular weight is 186 g/mol. The van der Waals surface area contributed by atoms with E-state index in [1.165, 1.54) is 11.1 Å². The first-order valence-electron chi connectivity index (χ1n) is 4.81. The molecule has 0 fully saturated rings. The molecule has 2 atom stereocenters. The zero-order chi connectivity index (χ0) is 9.71. The van der Waals surface area contributed by atoms with Crippen LogP contribution in [0.25, 0.3) is 0 Å². The van der Waals surface area contributed by atoms with Gasteiger partial charge in [0.2, 0.25) is 0 Å². The van der Waals surface area contributed by atoms with Crippen LogP contribution in [0.2, 0.25) is 0 Å². The zero-order valence-corrected chi connectivity index (χ0v) is 7.60. The van der Waals surface area contributed by atoms with Crippen LogP contribution in [0, 0.1) is 0 Å². The van der Waals surface area contributed by atoms with Crippen molar-refractivity contribution >= 4 is 5.97 Å². The van der Waals surface area contributed by atoms with Crippen molar-refractivity contribution in [1.29, 1.82) is 0 Å². The lowest BCUT2D eigenvalue weighted by molar-refractivity contribution is 0.0697. The van der Waals surface area contributed by atoms with E-state index in [1.807, 2.05) is 12.1 Å². The van der Waals surface area contributed by atoms with Gasteiger partial charge in [-0.05, 0) is 29.7 Å². The minimum Gasteiger partial charge on any atom is -0.478 e. The maximum Gasteiger partial charge on any atom is 0.335 e. The van der Waals surface area contributed by atoms with E-state index >= 15 is 0 Å². The van der Waals surface area contributed by atoms with Crippen LogP contribution in [0.3, 0.4) is 0 Å². The highest BCUT2D eigenvalue weighted by atomic mass is 16.4. The molecule has 0 unspecified atom stereocenters. The quantitative estimate of drug-likeness (QED) is 0.684. The molecule has 2 aliphatic rings. The fourth-order valence-electron chi connectivity index (χ4n) is 2.53. The molecule has 0 aliphatic heterocycles. The van der Waals surface area contributed by atoms with E-state index in [2.05, 4.69) is 12.2 Å². The predicted octanol–water partition coefficient (Wildman–Crippen LogP) is 2.53. The number of allylic oxidation sites excluding steroid dienone is 2. The lowest BCUT2D eigenvalue weighted by Crippen LogP contribution is -2.00. The van der Waals surface area contributed by atoms with Gasteiger partial charge in [0.25, 0.3) is 0 Å². The van der Waals surface area contributed by atoms with Gasteiger partial charge < -0.3 is 5.11 Å². The number of hydrogen-bond donors (Lipinski definition) is 1. The maximum absolute atomic E-state index is 10.8. The lowest BCUT2D eigenvalue weighted by Gasteiger charge is -2.10. The molecule has 1 aromatic carbocycles. The summed E-state index contributed by atoms with van der Waals surface area (Å²) in [6, 6.07) is 5.49. The molecule has 70 valence electrons. The summed E-state index contributed by atoms with van der Waals surface area (Å²) in [7, 11) is 0. The Morgan fingerprint density at radius 1 is 1.21 bits per heavy atom. The molecule has 0 heterocycles. The summed E-state index contributed by atoms with van der Waals surface area (Å²) >= 11 is 0. The number of aromatic carboxylic acids is 1. The molecule has 14 heavy (non-hydrogen) atoms. The number of hydrogen-bond acceptors (Lipinski definition) is 1. The molecule has 2 aliphatic carbocycles. The Kier molecular flexibility index (Phi) is 1.38. The van der Waals surface area contributed by atoms with Crippen LogP contribution >= 0.6 is 0 Å². The first-order valence-corrected chi connectivity index (χ1v) is 4.81. The van der Waals surface area contributed by atoms with Crippen molar-refractivity contribution in [2.24, 2.45) is 0 Å². The van der Waals surface area contributed by atoms with E-state index in [0.717, 1.165) is 6.42 Å². The first kappa shape index (κ1) is 7.80. The van der Waals surface area contributed by atoms with Crippen LogP contribution < -0.4 is 0 Å². The van der Waals surface area contributed by atoms with Gasteiger partial charge >= 0.3 is 5.97 Å². The minimum absolute atomic E-state index is 0.407. The Hall–Kier alpha value is -1.57. The molecule has 2 heteroatoms. The van der Waals surface area contributed by atoms with Gasteiger partial charge in [-0.2, -0.15) is 0 Å². The smallest absolute Gasteiger partial charge is 0.335 e. The average Bonchev–Trinajstić information content (AvgIpc) is 2.77. The Labute approximate surface area is 81.9 Å². The molecular weight excluding hydrogens is 176 g/mol. The Morgan fingerprint density at radius 3 is 2.64 bits per heavy atom. The van der Waals surface area contributed by atoms with Gasteiger partial charge in [-0.15, -0.1) is 0 Å². The van der Waals surface area contributed by atoms with Gasteiger partial charge in [0.1, 0.15) is 0 Å². The highest BCUT2D eigenvalue weighted by molar-refractivity contribution is 5.88. The molecule has 0 aromatic heterocycles. The SMILES string of the molecule is O=C(O)c1ccc2c(c1)[C@@H]1C=C[C@H]2C1. The second-order valence-electron chi connectivity index (χ2n) is 3.98. The number of fused-ring (bicyclic) bond motifs is 5. The van der Waals surface area contributed by atoms with E-state index < -0.39 is 5.97 Å².